The van der Waals surface area contributed by atoms with E-state index in [9.17, 15) is 14.0 Å². The van der Waals surface area contributed by atoms with Crippen molar-refractivity contribution in [1.29, 1.82) is 0 Å². The van der Waals surface area contributed by atoms with E-state index in [0.29, 0.717) is 54.5 Å². The molecular formula is C19H21FN6O3S. The molecule has 0 radical (unpaired) electrons. The van der Waals surface area contributed by atoms with Crippen LogP contribution in [0.25, 0.3) is 5.69 Å². The third-order valence-corrected chi connectivity index (χ3v) is 5.91. The molecule has 0 N–H and O–H groups in total. The lowest BCUT2D eigenvalue weighted by atomic mass is 10.3. The Kier molecular flexibility index (Phi) is 5.73. The first-order valence-corrected chi connectivity index (χ1v) is 10.4. The Labute approximate surface area is 175 Å². The van der Waals surface area contributed by atoms with Gasteiger partial charge in [-0.15, -0.1) is 10.2 Å². The van der Waals surface area contributed by atoms with Gasteiger partial charge in [0, 0.05) is 44.7 Å². The molecule has 1 saturated heterocycles. The summed E-state index contributed by atoms with van der Waals surface area (Å²) >= 11 is 1.32. The average Bonchev–Trinajstić information content (AvgIpc) is 3.18. The van der Waals surface area contributed by atoms with E-state index < -0.39 is 5.69 Å². The van der Waals surface area contributed by atoms with E-state index in [1.165, 1.54) is 41.6 Å². The highest BCUT2D eigenvalue weighted by molar-refractivity contribution is 7.98. The van der Waals surface area contributed by atoms with Crippen molar-refractivity contribution in [3.63, 3.8) is 0 Å². The zero-order chi connectivity index (χ0) is 21.3. The van der Waals surface area contributed by atoms with Crippen molar-refractivity contribution in [3.05, 3.63) is 62.7 Å². The van der Waals surface area contributed by atoms with Crippen LogP contribution in [-0.2, 0) is 24.6 Å². The lowest BCUT2D eigenvalue weighted by molar-refractivity contribution is 0.122. The van der Waals surface area contributed by atoms with Crippen molar-refractivity contribution in [3.8, 4) is 5.69 Å². The first kappa shape index (κ1) is 20.4. The number of nitrogens with zero attached hydrogens (tertiary/aromatic N) is 6. The van der Waals surface area contributed by atoms with Gasteiger partial charge in [0.05, 0.1) is 18.9 Å². The summed E-state index contributed by atoms with van der Waals surface area (Å²) in [6, 6.07) is 7.65. The molecule has 0 bridgehead atoms. The van der Waals surface area contributed by atoms with Gasteiger partial charge >= 0.3 is 5.69 Å². The molecule has 0 saturated carbocycles. The molecule has 30 heavy (non-hydrogen) atoms. The molecule has 11 heteroatoms. The van der Waals surface area contributed by atoms with Gasteiger partial charge in [0.15, 0.2) is 5.16 Å². The highest BCUT2D eigenvalue weighted by Crippen LogP contribution is 2.29. The van der Waals surface area contributed by atoms with Crippen LogP contribution < -0.4 is 16.1 Å². The molecule has 3 aromatic rings. The Morgan fingerprint density at radius 3 is 2.60 bits per heavy atom. The molecule has 2 aromatic heterocycles. The highest BCUT2D eigenvalue weighted by atomic mass is 32.2. The highest BCUT2D eigenvalue weighted by Gasteiger charge is 2.22. The number of thioether (sulfide) groups is 1. The van der Waals surface area contributed by atoms with Gasteiger partial charge in [-0.1, -0.05) is 17.8 Å². The van der Waals surface area contributed by atoms with Crippen LogP contribution >= 0.6 is 11.8 Å². The average molecular weight is 432 g/mol. The molecule has 0 aliphatic carbocycles. The quantitative estimate of drug-likeness (QED) is 0.555. The number of ether oxygens (including phenoxy) is 1. The van der Waals surface area contributed by atoms with Crippen LogP contribution in [0.2, 0.25) is 0 Å². The van der Waals surface area contributed by atoms with Crippen LogP contribution in [0.4, 0.5) is 10.3 Å². The van der Waals surface area contributed by atoms with Crippen LogP contribution in [0.3, 0.4) is 0 Å². The maximum Gasteiger partial charge on any atom is 0.330 e. The lowest BCUT2D eigenvalue weighted by Crippen LogP contribution is -2.38. The minimum atomic E-state index is -0.390. The monoisotopic (exact) mass is 432 g/mol. The number of anilines is 1. The molecule has 1 aliphatic heterocycles. The summed E-state index contributed by atoms with van der Waals surface area (Å²) in [6.45, 7) is 2.46. The first-order chi connectivity index (χ1) is 14.5. The second kappa shape index (κ2) is 8.44. The summed E-state index contributed by atoms with van der Waals surface area (Å²) < 4.78 is 23.6. The zero-order valence-electron chi connectivity index (χ0n) is 16.6. The Morgan fingerprint density at radius 2 is 1.87 bits per heavy atom. The second-order valence-electron chi connectivity index (χ2n) is 6.86. The normalized spacial score (nSPS) is 14.3. The largest absolute Gasteiger partial charge is 0.378 e. The van der Waals surface area contributed by atoms with Crippen molar-refractivity contribution >= 4 is 17.7 Å². The predicted molar refractivity (Wildman–Crippen MR) is 111 cm³/mol. The van der Waals surface area contributed by atoms with Crippen molar-refractivity contribution < 1.29 is 9.13 Å². The number of benzene rings is 1. The molecule has 3 heterocycles. The summed E-state index contributed by atoms with van der Waals surface area (Å²) in [6.07, 6.45) is 0. The summed E-state index contributed by atoms with van der Waals surface area (Å²) in [5.74, 6) is 0.571. The Bertz CT molecular complexity index is 1180. The van der Waals surface area contributed by atoms with Gasteiger partial charge in [0.2, 0.25) is 5.95 Å². The number of hydrogen-bond acceptors (Lipinski definition) is 7. The van der Waals surface area contributed by atoms with Crippen molar-refractivity contribution in [2.45, 2.75) is 10.9 Å². The van der Waals surface area contributed by atoms with Gasteiger partial charge in [-0.05, 0) is 18.2 Å². The Hall–Kier alpha value is -2.92. The lowest BCUT2D eigenvalue weighted by Gasteiger charge is -2.27. The van der Waals surface area contributed by atoms with Gasteiger partial charge in [-0.25, -0.2) is 9.18 Å². The fraction of sp³-hybridized carbons (Fsp3) is 0.368. The van der Waals surface area contributed by atoms with E-state index in [4.69, 9.17) is 4.74 Å². The predicted octanol–water partition coefficient (Wildman–Crippen LogP) is 0.933. The molecule has 0 amide bonds. The van der Waals surface area contributed by atoms with Crippen LogP contribution in [0.15, 0.2) is 45.1 Å². The number of aromatic nitrogens is 5. The smallest absolute Gasteiger partial charge is 0.330 e. The number of hydrogen-bond donors (Lipinski definition) is 0. The second-order valence-corrected chi connectivity index (χ2v) is 7.80. The van der Waals surface area contributed by atoms with E-state index in [1.807, 2.05) is 4.90 Å². The molecule has 1 fully saturated rings. The summed E-state index contributed by atoms with van der Waals surface area (Å²) in [5.41, 5.74) is 0.407. The topological polar surface area (TPSA) is 87.2 Å². The number of halogens is 1. The van der Waals surface area contributed by atoms with Gasteiger partial charge in [-0.2, -0.15) is 0 Å². The SMILES string of the molecule is Cn1c(CSc2nnc(N3CCOCC3)n2-c2cccc(F)c2)cc(=O)n(C)c1=O. The molecule has 1 aliphatic rings. The number of morpholine rings is 1. The molecule has 0 atom stereocenters. The molecule has 0 unspecified atom stereocenters. The van der Waals surface area contributed by atoms with E-state index in [-0.39, 0.29) is 11.4 Å². The van der Waals surface area contributed by atoms with Gasteiger partial charge in [-0.3, -0.25) is 18.5 Å². The zero-order valence-corrected chi connectivity index (χ0v) is 17.4. The van der Waals surface area contributed by atoms with Crippen LogP contribution in [-0.4, -0.2) is 50.2 Å². The van der Waals surface area contributed by atoms with E-state index in [2.05, 4.69) is 10.2 Å². The van der Waals surface area contributed by atoms with E-state index >= 15 is 0 Å². The maximum absolute atomic E-state index is 13.9. The van der Waals surface area contributed by atoms with Crippen LogP contribution in [0.1, 0.15) is 5.69 Å². The third-order valence-electron chi connectivity index (χ3n) is 4.95. The molecule has 4 rings (SSSR count). The standard InChI is InChI=1S/C19H21FN6O3S/c1-23-15(11-16(27)24(2)19(23)28)12-30-18-22-21-17(25-6-8-29-9-7-25)26(18)14-5-3-4-13(20)10-14/h3-5,10-11H,6-9,12H2,1-2H3. The van der Waals surface area contributed by atoms with Crippen molar-refractivity contribution in [1.82, 2.24) is 23.9 Å². The van der Waals surface area contributed by atoms with Crippen LogP contribution in [0.5, 0.6) is 0 Å². The maximum atomic E-state index is 13.9. The third kappa shape index (κ3) is 3.90. The molecule has 1 aromatic carbocycles. The molecule has 0 spiro atoms. The van der Waals surface area contributed by atoms with Crippen molar-refractivity contribution in [2.75, 3.05) is 31.2 Å². The summed E-state index contributed by atoms with van der Waals surface area (Å²) in [7, 11) is 3.06. The molecule has 158 valence electrons. The fourth-order valence-electron chi connectivity index (χ4n) is 3.22. The Balaban J connectivity index is 1.71. The Morgan fingerprint density at radius 1 is 1.10 bits per heavy atom. The van der Waals surface area contributed by atoms with Crippen LogP contribution in [0, 0.1) is 5.82 Å². The minimum absolute atomic E-state index is 0.332. The fourth-order valence-corrected chi connectivity index (χ4v) is 4.19. The number of rotatable bonds is 5. The molecule has 9 nitrogen and oxygen atoms in total. The van der Waals surface area contributed by atoms with Crippen molar-refractivity contribution in [2.24, 2.45) is 14.1 Å². The summed E-state index contributed by atoms with van der Waals surface area (Å²) in [4.78, 5) is 26.2. The van der Waals surface area contributed by atoms with Gasteiger partial charge in [0.25, 0.3) is 5.56 Å². The van der Waals surface area contributed by atoms with Gasteiger partial charge in [0.1, 0.15) is 5.82 Å². The minimum Gasteiger partial charge on any atom is -0.378 e. The van der Waals surface area contributed by atoms with E-state index in [0.717, 1.165) is 4.57 Å². The van der Waals surface area contributed by atoms with Gasteiger partial charge < -0.3 is 9.64 Å². The molecular weight excluding hydrogens is 411 g/mol. The van der Waals surface area contributed by atoms with E-state index in [1.54, 1.807) is 23.7 Å². The first-order valence-electron chi connectivity index (χ1n) is 9.38. The summed E-state index contributed by atoms with van der Waals surface area (Å²) in [5, 5.41) is 9.18.